The van der Waals surface area contributed by atoms with Crippen LogP contribution in [0.1, 0.15) is 69.9 Å². The highest BCUT2D eigenvalue weighted by Gasteiger charge is 2.46. The fourth-order valence-electron chi connectivity index (χ4n) is 7.09. The Labute approximate surface area is 237 Å². The molecule has 1 saturated heterocycles. The smallest absolute Gasteiger partial charge is 0.147 e. The number of phenols is 1. The van der Waals surface area contributed by atoms with E-state index in [1.165, 1.54) is 5.57 Å². The number of carbonyl (C=O) groups is 1. The number of carbonyl (C=O) groups excluding carboxylic acids is 1. The Balaban J connectivity index is 0.00000158. The third kappa shape index (κ3) is 5.25. The molecular weight excluding hydrogens is 505 g/mol. The van der Waals surface area contributed by atoms with Gasteiger partial charge < -0.3 is 24.3 Å². The number of allylic oxidation sites excluding steroid dienone is 3. The van der Waals surface area contributed by atoms with Crippen molar-refractivity contribution in [2.24, 2.45) is 23.2 Å². The molecule has 5 nitrogen and oxygen atoms in total. The number of anilines is 1. The second-order valence-electron chi connectivity index (χ2n) is 11.7. The first-order chi connectivity index (χ1) is 19.4. The number of benzene rings is 2. The Morgan fingerprint density at radius 3 is 2.52 bits per heavy atom. The van der Waals surface area contributed by atoms with Gasteiger partial charge in [0, 0.05) is 54.1 Å². The Morgan fingerprint density at radius 2 is 1.88 bits per heavy atom. The van der Waals surface area contributed by atoms with Crippen molar-refractivity contribution in [1.82, 2.24) is 0 Å². The first kappa shape index (κ1) is 28.3. The van der Waals surface area contributed by atoms with Crippen LogP contribution >= 0.6 is 0 Å². The lowest BCUT2D eigenvalue weighted by Gasteiger charge is -2.51. The monoisotopic (exact) mass is 547 g/mol. The molecule has 40 heavy (non-hydrogen) atoms. The van der Waals surface area contributed by atoms with Crippen LogP contribution in [0.3, 0.4) is 0 Å². The zero-order valence-electron chi connectivity index (χ0n) is 24.2. The third-order valence-electron chi connectivity index (χ3n) is 9.31. The lowest BCUT2D eigenvalue weighted by molar-refractivity contribution is -0.118. The third-order valence-corrected chi connectivity index (χ3v) is 9.31. The molecule has 2 aromatic rings. The summed E-state index contributed by atoms with van der Waals surface area (Å²) in [6, 6.07) is 8.71. The maximum Gasteiger partial charge on any atom is 0.147 e. The lowest BCUT2D eigenvalue weighted by atomic mass is 9.58. The second kappa shape index (κ2) is 11.7. The van der Waals surface area contributed by atoms with E-state index in [4.69, 9.17) is 9.47 Å². The average molecular weight is 548 g/mol. The maximum absolute atomic E-state index is 15.9. The van der Waals surface area contributed by atoms with Gasteiger partial charge in [0.05, 0.1) is 19.4 Å². The predicted octanol–water partition coefficient (Wildman–Crippen LogP) is 7.42. The first-order valence-electron chi connectivity index (χ1n) is 14.8. The van der Waals surface area contributed by atoms with E-state index in [0.29, 0.717) is 29.7 Å². The van der Waals surface area contributed by atoms with E-state index in [0.717, 1.165) is 62.6 Å². The van der Waals surface area contributed by atoms with E-state index in [1.807, 2.05) is 26.0 Å². The van der Waals surface area contributed by atoms with Crippen LogP contribution in [0, 0.1) is 29.0 Å². The molecule has 6 rings (SSSR count). The molecule has 2 fully saturated rings. The largest absolute Gasteiger partial charge is 0.508 e. The number of aromatic hydroxyl groups is 1. The quantitative estimate of drug-likeness (QED) is 0.395. The van der Waals surface area contributed by atoms with E-state index < -0.39 is 0 Å². The number of fused-ring (bicyclic) bond motifs is 1. The van der Waals surface area contributed by atoms with Crippen LogP contribution in [0.2, 0.25) is 0 Å². The maximum atomic E-state index is 15.9. The molecular formula is C34H42FNO4. The van der Waals surface area contributed by atoms with Crippen molar-refractivity contribution >= 4 is 12.0 Å². The fourth-order valence-corrected chi connectivity index (χ4v) is 7.09. The van der Waals surface area contributed by atoms with Crippen molar-refractivity contribution < 1.29 is 23.8 Å². The van der Waals surface area contributed by atoms with Crippen molar-refractivity contribution in [2.75, 3.05) is 31.7 Å². The lowest BCUT2D eigenvalue weighted by Crippen LogP contribution is -2.47. The van der Waals surface area contributed by atoms with E-state index >= 15 is 4.39 Å². The summed E-state index contributed by atoms with van der Waals surface area (Å²) < 4.78 is 28.0. The molecule has 3 unspecified atom stereocenters. The van der Waals surface area contributed by atoms with Crippen molar-refractivity contribution in [1.29, 1.82) is 0 Å². The Bertz CT molecular complexity index is 1290. The van der Waals surface area contributed by atoms with Crippen LogP contribution in [0.5, 0.6) is 17.2 Å². The van der Waals surface area contributed by atoms with Crippen LogP contribution in [0.15, 0.2) is 54.1 Å². The fraction of sp³-hybridized carbons (Fsp3) is 0.500. The van der Waals surface area contributed by atoms with Gasteiger partial charge in [-0.3, -0.25) is 0 Å². The molecule has 0 radical (unpaired) electrons. The van der Waals surface area contributed by atoms with E-state index in [2.05, 4.69) is 30.1 Å². The molecule has 0 amide bonds. The van der Waals surface area contributed by atoms with Crippen LogP contribution in [-0.4, -0.2) is 38.2 Å². The first-order valence-corrected chi connectivity index (χ1v) is 14.8. The standard InChI is InChI=1S/C32H36FNO4.C2H6/c1-20-3-5-22(6-4-20)26-19-38-30-13-23(36)7-8-24(30)31(26)25-14-27(33)28(15-29(25)37-2)34-11-9-32(10-12-34)16-21(17-32)18-35;1-2/h3,5-8,13-15,18,20-21,26,31,36H,4,9-12,16-17,19H2,1-2H3;1-2H3. The number of hydrogen-bond acceptors (Lipinski definition) is 5. The van der Waals surface area contributed by atoms with Gasteiger partial charge >= 0.3 is 0 Å². The molecule has 214 valence electrons. The minimum atomic E-state index is -0.247. The molecule has 2 aliphatic carbocycles. The van der Waals surface area contributed by atoms with E-state index in [-0.39, 0.29) is 34.7 Å². The van der Waals surface area contributed by atoms with Gasteiger partial charge in [0.15, 0.2) is 0 Å². The Kier molecular flexibility index (Phi) is 8.25. The zero-order valence-corrected chi connectivity index (χ0v) is 24.2. The number of hydrogen-bond donors (Lipinski definition) is 1. The molecule has 6 heteroatoms. The number of aldehydes is 1. The summed E-state index contributed by atoms with van der Waals surface area (Å²) in [6.45, 7) is 8.20. The number of halogens is 1. The number of methoxy groups -OCH3 is 1. The van der Waals surface area contributed by atoms with Crippen LogP contribution < -0.4 is 14.4 Å². The predicted molar refractivity (Wildman–Crippen MR) is 157 cm³/mol. The van der Waals surface area contributed by atoms with Crippen LogP contribution in [0.25, 0.3) is 0 Å². The Hall–Kier alpha value is -3.28. The van der Waals surface area contributed by atoms with Gasteiger partial charge in [0.1, 0.15) is 29.4 Å². The van der Waals surface area contributed by atoms with Crippen molar-refractivity contribution in [3.05, 3.63) is 71.1 Å². The number of piperidine rings is 1. The highest BCUT2D eigenvalue weighted by Crippen LogP contribution is 2.53. The molecule has 0 bridgehead atoms. The summed E-state index contributed by atoms with van der Waals surface area (Å²) in [5.74, 6) is 1.70. The number of ether oxygens (including phenoxy) is 2. The highest BCUT2D eigenvalue weighted by atomic mass is 19.1. The number of phenolic OH excluding ortho intramolecular Hbond substituents is 1. The van der Waals surface area contributed by atoms with Crippen LogP contribution in [0.4, 0.5) is 10.1 Å². The number of nitrogens with zero attached hydrogens (tertiary/aromatic N) is 1. The Morgan fingerprint density at radius 1 is 1.12 bits per heavy atom. The molecule has 1 N–H and O–H groups in total. The summed E-state index contributed by atoms with van der Waals surface area (Å²) >= 11 is 0. The minimum Gasteiger partial charge on any atom is -0.508 e. The molecule has 2 heterocycles. The van der Waals surface area contributed by atoms with Crippen molar-refractivity contribution in [3.63, 3.8) is 0 Å². The zero-order chi connectivity index (χ0) is 28.4. The summed E-state index contributed by atoms with van der Waals surface area (Å²) in [7, 11) is 1.65. The van der Waals surface area contributed by atoms with Gasteiger partial charge in [-0.15, -0.1) is 0 Å². The van der Waals surface area contributed by atoms with Gasteiger partial charge in [-0.1, -0.05) is 45.1 Å². The SMILES string of the molecule is CC.COc1cc(N2CCC3(CC2)CC(C=O)C3)c(F)cc1C1c2ccc(O)cc2OCC1C1=CCC(C)C=C1. The van der Waals surface area contributed by atoms with E-state index in [9.17, 15) is 9.90 Å². The summed E-state index contributed by atoms with van der Waals surface area (Å²) in [5, 5.41) is 10.1. The van der Waals surface area contributed by atoms with Gasteiger partial charge in [-0.05, 0) is 61.1 Å². The molecule has 4 aliphatic rings. The summed E-state index contributed by atoms with van der Waals surface area (Å²) in [4.78, 5) is 13.2. The second-order valence-corrected chi connectivity index (χ2v) is 11.7. The van der Waals surface area contributed by atoms with Gasteiger partial charge in [-0.25, -0.2) is 4.39 Å². The topological polar surface area (TPSA) is 59.0 Å². The molecule has 1 spiro atoms. The molecule has 2 aliphatic heterocycles. The molecule has 1 saturated carbocycles. The molecule has 0 aromatic heterocycles. The minimum absolute atomic E-state index is 0.00540. The molecule has 3 atom stereocenters. The highest BCUT2D eigenvalue weighted by molar-refractivity contribution is 5.60. The van der Waals surface area contributed by atoms with Gasteiger partial charge in [-0.2, -0.15) is 0 Å². The number of rotatable bonds is 5. The van der Waals surface area contributed by atoms with E-state index in [1.54, 1.807) is 25.3 Å². The van der Waals surface area contributed by atoms with Crippen LogP contribution in [-0.2, 0) is 4.79 Å². The summed E-state index contributed by atoms with van der Waals surface area (Å²) in [6.07, 6.45) is 12.6. The van der Waals surface area contributed by atoms with Crippen molar-refractivity contribution in [3.8, 4) is 17.2 Å². The van der Waals surface area contributed by atoms with Gasteiger partial charge in [0.2, 0.25) is 0 Å². The van der Waals surface area contributed by atoms with Gasteiger partial charge in [0.25, 0.3) is 0 Å². The van der Waals surface area contributed by atoms with Crippen molar-refractivity contribution in [2.45, 2.75) is 58.8 Å². The summed E-state index contributed by atoms with van der Waals surface area (Å²) in [5.41, 5.74) is 3.74. The molecule has 2 aromatic carbocycles. The average Bonchev–Trinajstić information content (AvgIpc) is 2.96. The normalized spacial score (nSPS) is 25.1.